The van der Waals surface area contributed by atoms with E-state index in [0.29, 0.717) is 31.5 Å². The van der Waals surface area contributed by atoms with Gasteiger partial charge in [0.05, 0.1) is 11.6 Å². The van der Waals surface area contributed by atoms with E-state index in [2.05, 4.69) is 5.32 Å². The minimum atomic E-state index is -1.35. The summed E-state index contributed by atoms with van der Waals surface area (Å²) in [6.45, 7) is 0.313. The molecule has 0 aliphatic carbocycles. The Hall–Kier alpha value is -2.25. The van der Waals surface area contributed by atoms with Gasteiger partial charge in [0, 0.05) is 25.2 Å². The van der Waals surface area contributed by atoms with E-state index in [9.17, 15) is 22.8 Å². The lowest BCUT2D eigenvalue weighted by Crippen LogP contribution is -2.44. The number of hydrogen-bond donors (Lipinski definition) is 2. The van der Waals surface area contributed by atoms with E-state index in [4.69, 9.17) is 5.11 Å². The number of piperidine rings is 1. The number of carboxylic acids is 1. The molecule has 0 spiro atoms. The second kappa shape index (κ2) is 6.02. The Labute approximate surface area is 118 Å². The van der Waals surface area contributed by atoms with Crippen molar-refractivity contribution in [1.29, 1.82) is 0 Å². The summed E-state index contributed by atoms with van der Waals surface area (Å²) in [7, 11) is 0. The van der Waals surface area contributed by atoms with Crippen LogP contribution in [0.15, 0.2) is 12.1 Å². The fraction of sp³-hybridized carbons (Fsp3) is 0.385. The molecule has 0 aromatic heterocycles. The van der Waals surface area contributed by atoms with Gasteiger partial charge in [0.2, 0.25) is 0 Å². The van der Waals surface area contributed by atoms with Crippen LogP contribution in [0.4, 0.5) is 23.7 Å². The number of halogens is 3. The molecule has 2 N–H and O–H groups in total. The van der Waals surface area contributed by atoms with Gasteiger partial charge in [-0.15, -0.1) is 0 Å². The number of carbonyl (C=O) groups excluding carboxylic acids is 1. The summed E-state index contributed by atoms with van der Waals surface area (Å²) in [5.41, 5.74) is -0.489. The van der Waals surface area contributed by atoms with Crippen molar-refractivity contribution in [2.24, 2.45) is 5.92 Å². The monoisotopic (exact) mass is 302 g/mol. The third-order valence-electron chi connectivity index (χ3n) is 3.31. The molecular formula is C13H13F3N2O3. The highest BCUT2D eigenvalue weighted by molar-refractivity contribution is 5.90. The molecule has 0 saturated carbocycles. The topological polar surface area (TPSA) is 69.6 Å². The number of nitrogens with one attached hydrogen (secondary N) is 1. The van der Waals surface area contributed by atoms with Crippen molar-refractivity contribution in [3.05, 3.63) is 29.6 Å². The fourth-order valence-corrected chi connectivity index (χ4v) is 2.18. The highest BCUT2D eigenvalue weighted by Crippen LogP contribution is 2.21. The van der Waals surface area contributed by atoms with Gasteiger partial charge in [0.15, 0.2) is 11.6 Å². The molecule has 8 heteroatoms. The maximum absolute atomic E-state index is 13.4. The molecule has 21 heavy (non-hydrogen) atoms. The van der Waals surface area contributed by atoms with Crippen molar-refractivity contribution < 1.29 is 27.9 Å². The van der Waals surface area contributed by atoms with Gasteiger partial charge in [-0.2, -0.15) is 0 Å². The number of anilines is 1. The standard InChI is InChI=1S/C13H13F3N2O3/c14-8-4-10(16)11(5-9(8)15)17-13(21)18-3-1-2-7(6-18)12(19)20/h4-5,7H,1-3,6H2,(H,17,21)(H,19,20). The lowest BCUT2D eigenvalue weighted by Gasteiger charge is -2.30. The second-order valence-corrected chi connectivity index (χ2v) is 4.80. The molecule has 1 aliphatic heterocycles. The molecular weight excluding hydrogens is 289 g/mol. The van der Waals surface area contributed by atoms with E-state index in [-0.39, 0.29) is 6.54 Å². The third kappa shape index (κ3) is 3.45. The van der Waals surface area contributed by atoms with E-state index in [1.807, 2.05) is 0 Å². The summed E-state index contributed by atoms with van der Waals surface area (Å²) in [6, 6.07) is 0.133. The fourth-order valence-electron chi connectivity index (χ4n) is 2.18. The van der Waals surface area contributed by atoms with Crippen LogP contribution in [0, 0.1) is 23.4 Å². The SMILES string of the molecule is O=C(O)C1CCCN(C(=O)Nc2cc(F)c(F)cc2F)C1. The maximum Gasteiger partial charge on any atom is 0.321 e. The smallest absolute Gasteiger partial charge is 0.321 e. The van der Waals surface area contributed by atoms with Gasteiger partial charge in [0.25, 0.3) is 0 Å². The Morgan fingerprint density at radius 1 is 1.19 bits per heavy atom. The predicted octanol–water partition coefficient (Wildman–Crippen LogP) is 2.43. The van der Waals surface area contributed by atoms with Gasteiger partial charge in [-0.3, -0.25) is 4.79 Å². The first-order valence-corrected chi connectivity index (χ1v) is 6.31. The molecule has 1 heterocycles. The zero-order valence-electron chi connectivity index (χ0n) is 10.9. The Kier molecular flexibility index (Phi) is 4.35. The molecule has 1 atom stereocenters. The van der Waals surface area contributed by atoms with E-state index in [0.717, 1.165) is 0 Å². The zero-order valence-corrected chi connectivity index (χ0v) is 10.9. The van der Waals surface area contributed by atoms with Gasteiger partial charge < -0.3 is 15.3 Å². The van der Waals surface area contributed by atoms with Crippen LogP contribution in [0.2, 0.25) is 0 Å². The summed E-state index contributed by atoms with van der Waals surface area (Å²) in [5.74, 6) is -5.43. The highest BCUT2D eigenvalue weighted by Gasteiger charge is 2.28. The van der Waals surface area contributed by atoms with Crippen LogP contribution in [-0.4, -0.2) is 35.1 Å². The maximum atomic E-state index is 13.4. The van der Waals surface area contributed by atoms with E-state index in [1.165, 1.54) is 4.90 Å². The molecule has 1 fully saturated rings. The predicted molar refractivity (Wildman–Crippen MR) is 67.3 cm³/mol. The molecule has 114 valence electrons. The molecule has 1 aromatic carbocycles. The van der Waals surface area contributed by atoms with Crippen molar-refractivity contribution >= 4 is 17.7 Å². The number of amides is 2. The summed E-state index contributed by atoms with van der Waals surface area (Å²) < 4.78 is 39.3. The van der Waals surface area contributed by atoms with Crippen molar-refractivity contribution in [2.45, 2.75) is 12.8 Å². The van der Waals surface area contributed by atoms with Crippen LogP contribution in [0.1, 0.15) is 12.8 Å². The average molecular weight is 302 g/mol. The highest BCUT2D eigenvalue weighted by atomic mass is 19.2. The largest absolute Gasteiger partial charge is 0.481 e. The number of carboxylic acid groups (broad SMARTS) is 1. The molecule has 0 radical (unpaired) electrons. The lowest BCUT2D eigenvalue weighted by molar-refractivity contribution is -0.143. The number of carbonyl (C=O) groups is 2. The minimum absolute atomic E-state index is 0.00748. The van der Waals surface area contributed by atoms with Crippen molar-refractivity contribution in [3.8, 4) is 0 Å². The zero-order chi connectivity index (χ0) is 15.6. The number of rotatable bonds is 2. The van der Waals surface area contributed by atoms with Crippen molar-refractivity contribution in [3.63, 3.8) is 0 Å². The average Bonchev–Trinajstić information content (AvgIpc) is 2.44. The Morgan fingerprint density at radius 2 is 1.86 bits per heavy atom. The van der Waals surface area contributed by atoms with Crippen LogP contribution in [0.5, 0.6) is 0 Å². The van der Waals surface area contributed by atoms with Crippen molar-refractivity contribution in [1.82, 2.24) is 4.90 Å². The number of benzene rings is 1. The van der Waals surface area contributed by atoms with E-state index < -0.39 is 41.1 Å². The molecule has 2 rings (SSSR count). The first kappa shape index (κ1) is 15.1. The molecule has 5 nitrogen and oxygen atoms in total. The molecule has 1 unspecified atom stereocenters. The van der Waals surface area contributed by atoms with Gasteiger partial charge in [-0.05, 0) is 12.8 Å². The summed E-state index contributed by atoms with van der Waals surface area (Å²) >= 11 is 0. The number of hydrogen-bond acceptors (Lipinski definition) is 2. The van der Waals surface area contributed by atoms with E-state index >= 15 is 0 Å². The van der Waals surface area contributed by atoms with Gasteiger partial charge >= 0.3 is 12.0 Å². The third-order valence-corrected chi connectivity index (χ3v) is 3.31. The Bertz CT molecular complexity index is 580. The van der Waals surface area contributed by atoms with Crippen LogP contribution in [-0.2, 0) is 4.79 Å². The molecule has 0 bridgehead atoms. The second-order valence-electron chi connectivity index (χ2n) is 4.80. The molecule has 1 aliphatic rings. The quantitative estimate of drug-likeness (QED) is 0.824. The Morgan fingerprint density at radius 3 is 2.52 bits per heavy atom. The van der Waals surface area contributed by atoms with Crippen LogP contribution in [0.3, 0.4) is 0 Å². The number of nitrogens with zero attached hydrogens (tertiary/aromatic N) is 1. The normalized spacial score (nSPS) is 18.4. The number of likely N-dealkylation sites (tertiary alicyclic amines) is 1. The molecule has 2 amide bonds. The summed E-state index contributed by atoms with van der Waals surface area (Å²) in [5, 5.41) is 11.0. The minimum Gasteiger partial charge on any atom is -0.481 e. The van der Waals surface area contributed by atoms with Crippen LogP contribution < -0.4 is 5.32 Å². The van der Waals surface area contributed by atoms with Crippen LogP contribution in [0.25, 0.3) is 0 Å². The Balaban J connectivity index is 2.07. The molecule has 1 aromatic rings. The first-order chi connectivity index (χ1) is 9.88. The summed E-state index contributed by atoms with van der Waals surface area (Å²) in [6.07, 6.45) is 0.962. The van der Waals surface area contributed by atoms with Gasteiger partial charge in [-0.1, -0.05) is 0 Å². The van der Waals surface area contributed by atoms with Crippen molar-refractivity contribution in [2.75, 3.05) is 18.4 Å². The van der Waals surface area contributed by atoms with Gasteiger partial charge in [-0.25, -0.2) is 18.0 Å². The number of aliphatic carboxylic acids is 1. The first-order valence-electron chi connectivity index (χ1n) is 6.31. The summed E-state index contributed by atoms with van der Waals surface area (Å²) in [4.78, 5) is 24.0. The van der Waals surface area contributed by atoms with Crippen LogP contribution >= 0.6 is 0 Å². The lowest BCUT2D eigenvalue weighted by atomic mass is 9.99. The molecule has 1 saturated heterocycles. The van der Waals surface area contributed by atoms with Gasteiger partial charge in [0.1, 0.15) is 5.82 Å². The van der Waals surface area contributed by atoms with E-state index in [1.54, 1.807) is 0 Å². The number of urea groups is 1.